The number of aromatic nitrogens is 1. The molecule has 1 aliphatic rings. The maximum Gasteiger partial charge on any atom is 0.315 e. The van der Waals surface area contributed by atoms with Gasteiger partial charge in [-0.05, 0) is 55.2 Å². The highest BCUT2D eigenvalue weighted by atomic mass is 32.2. The third kappa shape index (κ3) is 5.32. The highest BCUT2D eigenvalue weighted by Gasteiger charge is 2.30. The van der Waals surface area contributed by atoms with Gasteiger partial charge in [0.15, 0.2) is 9.84 Å². The third-order valence-corrected chi connectivity index (χ3v) is 7.38. The zero-order valence-corrected chi connectivity index (χ0v) is 17.2. The minimum atomic E-state index is -3.87. The number of carbonyl (C=O) groups excluding carboxylic acids is 1. The molecule has 0 bridgehead atoms. The lowest BCUT2D eigenvalue weighted by molar-refractivity contribution is 0.232. The van der Waals surface area contributed by atoms with Crippen LogP contribution in [-0.4, -0.2) is 32.0 Å². The van der Waals surface area contributed by atoms with Crippen LogP contribution in [0.2, 0.25) is 0 Å². The predicted octanol–water partition coefficient (Wildman–Crippen LogP) is 3.68. The van der Waals surface area contributed by atoms with Gasteiger partial charge in [-0.2, -0.15) is 0 Å². The molecule has 8 heteroatoms. The molecule has 1 aliphatic carbocycles. The summed E-state index contributed by atoms with van der Waals surface area (Å²) in [5.41, 5.74) is 0.714. The first kappa shape index (κ1) is 21.2. The lowest BCUT2D eigenvalue weighted by Gasteiger charge is -2.24. The molecule has 2 N–H and O–H groups in total. The highest BCUT2D eigenvalue weighted by molar-refractivity contribution is 7.91. The number of nitrogens with one attached hydrogen (secondary N) is 2. The maximum atomic E-state index is 13.6. The van der Waals surface area contributed by atoms with E-state index < -0.39 is 20.9 Å². The molecule has 1 heterocycles. The molecule has 3 rings (SSSR count). The predicted molar refractivity (Wildman–Crippen MR) is 109 cm³/mol. The molecule has 1 fully saturated rings. The molecule has 6 nitrogen and oxygen atoms in total. The van der Waals surface area contributed by atoms with Gasteiger partial charge in [0.1, 0.15) is 11.1 Å². The van der Waals surface area contributed by atoms with E-state index in [1.807, 2.05) is 0 Å². The van der Waals surface area contributed by atoms with E-state index >= 15 is 0 Å². The Morgan fingerprint density at radius 2 is 2.00 bits per heavy atom. The van der Waals surface area contributed by atoms with Crippen LogP contribution in [0, 0.1) is 12.7 Å². The number of pyridine rings is 1. The third-order valence-electron chi connectivity index (χ3n) is 5.28. The van der Waals surface area contributed by atoms with Crippen LogP contribution >= 0.6 is 0 Å². The summed E-state index contributed by atoms with van der Waals surface area (Å²) in [5.74, 6) is -0.466. The van der Waals surface area contributed by atoms with E-state index in [0.717, 1.165) is 31.7 Å². The van der Waals surface area contributed by atoms with E-state index in [-0.39, 0.29) is 29.1 Å². The number of hydrogen-bond donors (Lipinski definition) is 2. The van der Waals surface area contributed by atoms with Crippen LogP contribution in [0.15, 0.2) is 47.6 Å². The van der Waals surface area contributed by atoms with Crippen LogP contribution in [0.3, 0.4) is 0 Å². The molecule has 0 unspecified atom stereocenters. The summed E-state index contributed by atoms with van der Waals surface area (Å²) in [6.07, 6.45) is 8.25. The summed E-state index contributed by atoms with van der Waals surface area (Å²) in [6, 6.07) is 6.76. The molecule has 0 radical (unpaired) electrons. The molecule has 156 valence electrons. The van der Waals surface area contributed by atoms with Crippen molar-refractivity contribution in [1.82, 2.24) is 15.6 Å². The second-order valence-electron chi connectivity index (χ2n) is 7.42. The summed E-state index contributed by atoms with van der Waals surface area (Å²) in [5, 5.41) is 4.59. The fourth-order valence-corrected chi connectivity index (χ4v) is 5.33. The number of aryl methyl sites for hydroxylation is 1. The molecule has 0 aliphatic heterocycles. The summed E-state index contributed by atoms with van der Waals surface area (Å²) in [6.45, 7) is 1.41. The van der Waals surface area contributed by atoms with E-state index in [9.17, 15) is 17.6 Å². The molecule has 1 atom stereocenters. The monoisotopic (exact) mass is 419 g/mol. The number of nitrogens with zero attached hydrogens (tertiary/aromatic N) is 1. The molecule has 1 aromatic heterocycles. The Labute approximate surface area is 170 Å². The minimum Gasteiger partial charge on any atom is -0.336 e. The highest BCUT2D eigenvalue weighted by Crippen LogP contribution is 2.29. The molecule has 2 amide bonds. The Morgan fingerprint density at radius 3 is 2.66 bits per heavy atom. The van der Waals surface area contributed by atoms with Crippen molar-refractivity contribution in [3.63, 3.8) is 0 Å². The number of urea groups is 1. The molecule has 0 saturated heterocycles. The van der Waals surface area contributed by atoms with Crippen molar-refractivity contribution >= 4 is 15.9 Å². The Kier molecular flexibility index (Phi) is 6.84. The molecular weight excluding hydrogens is 393 g/mol. The Bertz CT molecular complexity index is 945. The van der Waals surface area contributed by atoms with Gasteiger partial charge >= 0.3 is 6.03 Å². The van der Waals surface area contributed by atoms with Crippen LogP contribution in [0.4, 0.5) is 9.18 Å². The fourth-order valence-electron chi connectivity index (χ4n) is 3.60. The summed E-state index contributed by atoms with van der Waals surface area (Å²) >= 11 is 0. The molecule has 0 spiro atoms. The molecular formula is C21H26FN3O3S. The van der Waals surface area contributed by atoms with Crippen molar-refractivity contribution in [1.29, 1.82) is 0 Å². The van der Waals surface area contributed by atoms with Crippen LogP contribution in [0.25, 0.3) is 0 Å². The van der Waals surface area contributed by atoms with E-state index in [2.05, 4.69) is 15.6 Å². The smallest absolute Gasteiger partial charge is 0.315 e. The second kappa shape index (κ2) is 9.35. The van der Waals surface area contributed by atoms with Crippen LogP contribution < -0.4 is 10.6 Å². The van der Waals surface area contributed by atoms with Gasteiger partial charge in [0.25, 0.3) is 0 Å². The largest absolute Gasteiger partial charge is 0.336 e. The van der Waals surface area contributed by atoms with Gasteiger partial charge in [-0.15, -0.1) is 0 Å². The van der Waals surface area contributed by atoms with Crippen molar-refractivity contribution in [3.05, 3.63) is 59.7 Å². The van der Waals surface area contributed by atoms with Crippen molar-refractivity contribution in [2.75, 3.05) is 6.54 Å². The molecule has 1 saturated carbocycles. The lowest BCUT2D eigenvalue weighted by atomic mass is 9.96. The molecule has 1 aromatic carbocycles. The number of halogens is 1. The van der Waals surface area contributed by atoms with E-state index in [0.29, 0.717) is 5.56 Å². The van der Waals surface area contributed by atoms with Crippen molar-refractivity contribution < 1.29 is 17.6 Å². The standard InChI is InChI=1S/C21H26FN3O3S/c1-15-12-18(9-10-19(15)22)29(27,28)20(16-6-5-11-23-13-16)14-24-21(26)25-17-7-3-2-4-8-17/h5-6,9-13,17,20H,2-4,7-8,14H2,1H3,(H2,24,25,26)/t20-/m1/s1. The van der Waals surface area contributed by atoms with E-state index in [1.54, 1.807) is 18.3 Å². The SMILES string of the molecule is Cc1cc(S(=O)(=O)[C@H](CNC(=O)NC2CCCCC2)c2cccnc2)ccc1F. The van der Waals surface area contributed by atoms with Gasteiger partial charge < -0.3 is 10.6 Å². The van der Waals surface area contributed by atoms with Crippen LogP contribution in [0.5, 0.6) is 0 Å². The zero-order valence-electron chi connectivity index (χ0n) is 16.4. The van der Waals surface area contributed by atoms with Crippen LogP contribution in [-0.2, 0) is 9.84 Å². The van der Waals surface area contributed by atoms with Crippen LogP contribution in [0.1, 0.15) is 48.5 Å². The Balaban J connectivity index is 1.79. The molecule has 29 heavy (non-hydrogen) atoms. The van der Waals surface area contributed by atoms with Gasteiger partial charge in [0.05, 0.1) is 4.90 Å². The maximum absolute atomic E-state index is 13.6. The summed E-state index contributed by atoms with van der Waals surface area (Å²) < 4.78 is 40.2. The average molecular weight is 420 g/mol. The number of sulfone groups is 1. The number of benzene rings is 1. The van der Waals surface area contributed by atoms with Gasteiger partial charge in [0, 0.05) is 25.0 Å². The fraction of sp³-hybridized carbons (Fsp3) is 0.429. The Hall–Kier alpha value is -2.48. The first-order valence-electron chi connectivity index (χ1n) is 9.82. The normalized spacial score (nSPS) is 16.2. The molecule has 2 aromatic rings. The number of rotatable bonds is 6. The first-order chi connectivity index (χ1) is 13.9. The van der Waals surface area contributed by atoms with Crippen molar-refractivity contribution in [2.45, 2.75) is 55.2 Å². The Morgan fingerprint density at radius 1 is 1.24 bits per heavy atom. The van der Waals surface area contributed by atoms with Gasteiger partial charge in [0.2, 0.25) is 0 Å². The van der Waals surface area contributed by atoms with Crippen molar-refractivity contribution in [2.24, 2.45) is 0 Å². The number of hydrogen-bond acceptors (Lipinski definition) is 4. The summed E-state index contributed by atoms with van der Waals surface area (Å²) in [4.78, 5) is 16.4. The lowest BCUT2D eigenvalue weighted by Crippen LogP contribution is -2.44. The van der Waals surface area contributed by atoms with Gasteiger partial charge in [-0.1, -0.05) is 25.3 Å². The van der Waals surface area contributed by atoms with E-state index in [4.69, 9.17) is 0 Å². The van der Waals surface area contributed by atoms with Gasteiger partial charge in [-0.25, -0.2) is 17.6 Å². The van der Waals surface area contributed by atoms with Crippen molar-refractivity contribution in [3.8, 4) is 0 Å². The zero-order chi connectivity index (χ0) is 20.9. The average Bonchev–Trinajstić information content (AvgIpc) is 2.71. The van der Waals surface area contributed by atoms with Gasteiger partial charge in [-0.3, -0.25) is 4.98 Å². The summed E-state index contributed by atoms with van der Waals surface area (Å²) in [7, 11) is -3.87. The van der Waals surface area contributed by atoms with E-state index in [1.165, 1.54) is 31.7 Å². The topological polar surface area (TPSA) is 88.2 Å². The number of carbonyl (C=O) groups is 1. The number of amides is 2. The quantitative estimate of drug-likeness (QED) is 0.699. The first-order valence-corrected chi connectivity index (χ1v) is 11.4. The second-order valence-corrected chi connectivity index (χ2v) is 9.55. The minimum absolute atomic E-state index is 0.0136.